The molecular formula is C6H9ClN2O2. The van der Waals surface area contributed by atoms with E-state index < -0.39 is 11.7 Å². The molecule has 0 aliphatic carbocycles. The number of carbonyl (C=O) groups excluding carboxylic acids is 1. The lowest BCUT2D eigenvalue weighted by molar-refractivity contribution is 0.119. The van der Waals surface area contributed by atoms with Crippen LogP contribution < -0.4 is 0 Å². The van der Waals surface area contributed by atoms with Gasteiger partial charge < -0.3 is 4.74 Å². The third-order valence-electron chi connectivity index (χ3n) is 1.19. The maximum absolute atomic E-state index is 11.0. The Hall–Kier alpha value is -0.770. The molecule has 1 heterocycles. The Labute approximate surface area is 69.8 Å². The van der Waals surface area contributed by atoms with Gasteiger partial charge in [0, 0.05) is 6.54 Å². The van der Waals surface area contributed by atoms with Crippen molar-refractivity contribution in [2.75, 3.05) is 13.1 Å². The van der Waals surface area contributed by atoms with E-state index in [4.69, 9.17) is 16.3 Å². The van der Waals surface area contributed by atoms with Crippen LogP contribution >= 0.6 is 11.6 Å². The molecule has 0 aromatic heterocycles. The lowest BCUT2D eigenvalue weighted by Gasteiger charge is -2.12. The average molecular weight is 177 g/mol. The summed E-state index contributed by atoms with van der Waals surface area (Å²) in [6.45, 7) is 2.82. The van der Waals surface area contributed by atoms with Crippen LogP contribution in [-0.4, -0.2) is 36.0 Å². The summed E-state index contributed by atoms with van der Waals surface area (Å²) in [7, 11) is 0. The number of amides is 1. The number of halogens is 1. The van der Waals surface area contributed by atoms with Crippen molar-refractivity contribution in [1.29, 1.82) is 0 Å². The molecule has 1 amide bonds. The summed E-state index contributed by atoms with van der Waals surface area (Å²) in [5.41, 5.74) is -0.587. The molecule has 0 fully saturated rings. The van der Waals surface area contributed by atoms with Gasteiger partial charge in [0.15, 0.2) is 5.56 Å². The van der Waals surface area contributed by atoms with Crippen molar-refractivity contribution in [2.45, 2.75) is 12.5 Å². The van der Waals surface area contributed by atoms with Crippen molar-refractivity contribution in [1.82, 2.24) is 4.90 Å². The maximum Gasteiger partial charge on any atom is 0.416 e. The fourth-order valence-electron chi connectivity index (χ4n) is 0.725. The minimum Gasteiger partial charge on any atom is -0.430 e. The lowest BCUT2D eigenvalue weighted by atomic mass is 10.6. The first-order valence-electron chi connectivity index (χ1n) is 3.31. The van der Waals surface area contributed by atoms with Crippen LogP contribution in [-0.2, 0) is 4.74 Å². The van der Waals surface area contributed by atoms with Crippen LogP contribution in [0.2, 0.25) is 0 Å². The predicted octanol–water partition coefficient (Wildman–Crippen LogP) is 1.05. The molecule has 1 aliphatic rings. The first-order chi connectivity index (χ1) is 5.20. The van der Waals surface area contributed by atoms with Crippen LogP contribution in [0.1, 0.15) is 6.92 Å². The van der Waals surface area contributed by atoms with Crippen molar-refractivity contribution in [3.63, 3.8) is 0 Å². The quantitative estimate of drug-likeness (QED) is 0.561. The highest BCUT2D eigenvalue weighted by atomic mass is 35.5. The van der Waals surface area contributed by atoms with E-state index in [1.807, 2.05) is 0 Å². The van der Waals surface area contributed by atoms with E-state index in [1.165, 1.54) is 11.2 Å². The largest absolute Gasteiger partial charge is 0.430 e. The Morgan fingerprint density at radius 2 is 2.64 bits per heavy atom. The molecule has 0 bridgehead atoms. The summed E-state index contributed by atoms with van der Waals surface area (Å²) < 4.78 is 4.70. The second-order valence-electron chi connectivity index (χ2n) is 2.14. The van der Waals surface area contributed by atoms with Gasteiger partial charge in [-0.05, 0) is 6.92 Å². The summed E-state index contributed by atoms with van der Waals surface area (Å²) in [5.74, 6) is 0. The average Bonchev–Trinajstić information content (AvgIpc) is 2.35. The van der Waals surface area contributed by atoms with E-state index in [-0.39, 0.29) is 0 Å². The zero-order valence-corrected chi connectivity index (χ0v) is 6.91. The Morgan fingerprint density at radius 1 is 1.91 bits per heavy atom. The van der Waals surface area contributed by atoms with E-state index in [1.54, 1.807) is 6.92 Å². The van der Waals surface area contributed by atoms with Gasteiger partial charge in [-0.15, -0.1) is 0 Å². The third kappa shape index (κ3) is 2.38. The van der Waals surface area contributed by atoms with E-state index in [0.29, 0.717) is 13.1 Å². The molecule has 5 heteroatoms. The molecule has 0 saturated carbocycles. The van der Waals surface area contributed by atoms with Crippen molar-refractivity contribution in [3.8, 4) is 0 Å². The van der Waals surface area contributed by atoms with E-state index in [2.05, 4.69) is 4.99 Å². The second kappa shape index (κ2) is 3.57. The predicted molar refractivity (Wildman–Crippen MR) is 41.9 cm³/mol. The van der Waals surface area contributed by atoms with Crippen LogP contribution in [0, 0.1) is 0 Å². The van der Waals surface area contributed by atoms with E-state index >= 15 is 0 Å². The monoisotopic (exact) mass is 176 g/mol. The van der Waals surface area contributed by atoms with Gasteiger partial charge in [-0.2, -0.15) is 0 Å². The van der Waals surface area contributed by atoms with Crippen LogP contribution in [0.25, 0.3) is 0 Å². The summed E-state index contributed by atoms with van der Waals surface area (Å²) in [6.07, 6.45) is 1.02. The summed E-state index contributed by atoms with van der Waals surface area (Å²) in [5, 5.41) is 0. The Bertz CT molecular complexity index is 181. The highest BCUT2D eigenvalue weighted by Gasteiger charge is 2.17. The van der Waals surface area contributed by atoms with Gasteiger partial charge >= 0.3 is 6.09 Å². The normalized spacial score (nSPS) is 18.5. The van der Waals surface area contributed by atoms with Crippen LogP contribution in [0.15, 0.2) is 4.99 Å². The van der Waals surface area contributed by atoms with Crippen LogP contribution in [0.5, 0.6) is 0 Å². The fraction of sp³-hybridized carbons (Fsp3) is 0.667. The molecule has 1 atom stereocenters. The number of hydrogen-bond donors (Lipinski definition) is 0. The van der Waals surface area contributed by atoms with Gasteiger partial charge in [-0.1, -0.05) is 11.6 Å². The molecule has 1 rings (SSSR count). The highest BCUT2D eigenvalue weighted by molar-refractivity contribution is 6.20. The molecular weight excluding hydrogens is 168 g/mol. The molecule has 0 aromatic carbocycles. The molecule has 1 aliphatic heterocycles. The number of hydrogen-bond acceptors (Lipinski definition) is 3. The standard InChI is InChI=1S/C6H9ClN2O2/c1-5(7)11-6(10)9-3-2-8-4-9/h4-5H,2-3H2,1H3. The number of nitrogens with zero attached hydrogens (tertiary/aromatic N) is 2. The lowest BCUT2D eigenvalue weighted by Crippen LogP contribution is -2.29. The Morgan fingerprint density at radius 3 is 3.09 bits per heavy atom. The molecule has 0 aromatic rings. The first kappa shape index (κ1) is 8.33. The van der Waals surface area contributed by atoms with E-state index in [0.717, 1.165) is 0 Å². The zero-order chi connectivity index (χ0) is 8.27. The smallest absolute Gasteiger partial charge is 0.416 e. The van der Waals surface area contributed by atoms with Gasteiger partial charge in [0.2, 0.25) is 0 Å². The molecule has 11 heavy (non-hydrogen) atoms. The minimum absolute atomic E-state index is 0.436. The van der Waals surface area contributed by atoms with Gasteiger partial charge in [0.05, 0.1) is 12.9 Å². The molecule has 1 unspecified atom stereocenters. The van der Waals surface area contributed by atoms with Crippen molar-refractivity contribution in [3.05, 3.63) is 0 Å². The molecule has 4 nitrogen and oxygen atoms in total. The molecule has 0 saturated heterocycles. The Kier molecular flexibility index (Phi) is 2.70. The van der Waals surface area contributed by atoms with Gasteiger partial charge in [-0.3, -0.25) is 9.89 Å². The minimum atomic E-state index is -0.587. The Balaban J connectivity index is 2.35. The van der Waals surface area contributed by atoms with Crippen molar-refractivity contribution >= 4 is 24.0 Å². The molecule has 62 valence electrons. The number of aliphatic imine (C=N–C) groups is 1. The third-order valence-corrected chi connectivity index (χ3v) is 1.28. The van der Waals surface area contributed by atoms with Gasteiger partial charge in [-0.25, -0.2) is 4.79 Å². The fourth-order valence-corrected chi connectivity index (χ4v) is 0.801. The molecule has 0 radical (unpaired) electrons. The van der Waals surface area contributed by atoms with Crippen molar-refractivity contribution < 1.29 is 9.53 Å². The number of rotatable bonds is 1. The summed E-state index contributed by atoms with van der Waals surface area (Å²) in [4.78, 5) is 16.2. The zero-order valence-electron chi connectivity index (χ0n) is 6.16. The van der Waals surface area contributed by atoms with Gasteiger partial charge in [0.25, 0.3) is 0 Å². The first-order valence-corrected chi connectivity index (χ1v) is 3.75. The highest BCUT2D eigenvalue weighted by Crippen LogP contribution is 2.02. The number of carbonyl (C=O) groups is 1. The number of alkyl halides is 1. The van der Waals surface area contributed by atoms with Gasteiger partial charge in [0.1, 0.15) is 0 Å². The summed E-state index contributed by atoms with van der Waals surface area (Å²) in [6, 6.07) is 0. The molecule has 0 N–H and O–H groups in total. The maximum atomic E-state index is 11.0. The summed E-state index contributed by atoms with van der Waals surface area (Å²) >= 11 is 5.44. The SMILES string of the molecule is CC(Cl)OC(=O)N1C=NCC1. The topological polar surface area (TPSA) is 41.9 Å². The van der Waals surface area contributed by atoms with Crippen molar-refractivity contribution in [2.24, 2.45) is 4.99 Å². The second-order valence-corrected chi connectivity index (χ2v) is 2.76. The molecule has 0 spiro atoms. The number of ether oxygens (including phenoxy) is 1. The van der Waals surface area contributed by atoms with E-state index in [9.17, 15) is 4.79 Å². The van der Waals surface area contributed by atoms with Crippen LogP contribution in [0.3, 0.4) is 0 Å². The van der Waals surface area contributed by atoms with Crippen LogP contribution in [0.4, 0.5) is 4.79 Å².